The largest absolute Gasteiger partial charge is 0.497 e. The van der Waals surface area contributed by atoms with Crippen molar-refractivity contribution in [2.24, 2.45) is 0 Å². The summed E-state index contributed by atoms with van der Waals surface area (Å²) in [5, 5.41) is 6.10. The highest BCUT2D eigenvalue weighted by Crippen LogP contribution is 2.29. The van der Waals surface area contributed by atoms with Crippen LogP contribution in [0.4, 0.5) is 10.5 Å². The molecule has 136 valence electrons. The number of amides is 3. The molecule has 2 aromatic rings. The summed E-state index contributed by atoms with van der Waals surface area (Å²) >= 11 is 5.84. The predicted molar refractivity (Wildman–Crippen MR) is 101 cm³/mol. The molecular weight excluding hydrogens is 354 g/mol. The molecule has 0 saturated carbocycles. The maximum atomic E-state index is 12.5. The van der Waals surface area contributed by atoms with Gasteiger partial charge in [0.15, 0.2) is 0 Å². The Kier molecular flexibility index (Phi) is 5.32. The molecule has 3 amide bonds. The second kappa shape index (κ2) is 7.66. The molecule has 2 N–H and O–H groups in total. The van der Waals surface area contributed by atoms with Crippen molar-refractivity contribution in [3.63, 3.8) is 0 Å². The van der Waals surface area contributed by atoms with Gasteiger partial charge in [0.25, 0.3) is 0 Å². The van der Waals surface area contributed by atoms with Crippen LogP contribution in [-0.2, 0) is 4.79 Å². The van der Waals surface area contributed by atoms with Crippen LogP contribution in [-0.4, -0.2) is 43.6 Å². The number of urea groups is 1. The molecule has 0 bridgehead atoms. The lowest BCUT2D eigenvalue weighted by molar-refractivity contribution is -0.128. The van der Waals surface area contributed by atoms with Crippen molar-refractivity contribution >= 4 is 29.2 Å². The number of anilines is 1. The molecule has 2 aromatic carbocycles. The van der Waals surface area contributed by atoms with E-state index < -0.39 is 12.1 Å². The van der Waals surface area contributed by atoms with Crippen LogP contribution in [0.2, 0.25) is 5.02 Å². The van der Waals surface area contributed by atoms with Crippen LogP contribution in [0.25, 0.3) is 0 Å². The monoisotopic (exact) mass is 373 g/mol. The van der Waals surface area contributed by atoms with Crippen molar-refractivity contribution in [1.29, 1.82) is 0 Å². The normalized spacial score (nSPS) is 19.3. The van der Waals surface area contributed by atoms with Crippen molar-refractivity contribution < 1.29 is 14.3 Å². The van der Waals surface area contributed by atoms with E-state index in [0.29, 0.717) is 17.3 Å². The molecule has 1 fully saturated rings. The van der Waals surface area contributed by atoms with Crippen LogP contribution in [0.1, 0.15) is 11.5 Å². The van der Waals surface area contributed by atoms with Crippen molar-refractivity contribution in [2.75, 3.05) is 26.0 Å². The van der Waals surface area contributed by atoms with Crippen LogP contribution in [0.5, 0.6) is 5.75 Å². The number of nitrogens with one attached hydrogen (secondary N) is 2. The number of hydrogen-bond donors (Lipinski definition) is 2. The van der Waals surface area contributed by atoms with Crippen molar-refractivity contribution in [3.8, 4) is 5.75 Å². The third kappa shape index (κ3) is 3.91. The number of likely N-dealkylation sites (N-methyl/N-ethyl adjacent to an activating group) is 1. The van der Waals surface area contributed by atoms with Gasteiger partial charge < -0.3 is 20.3 Å². The molecule has 1 aliphatic rings. The molecule has 1 aliphatic heterocycles. The molecule has 0 spiro atoms. The van der Waals surface area contributed by atoms with Gasteiger partial charge in [-0.25, -0.2) is 4.79 Å². The van der Waals surface area contributed by atoms with Gasteiger partial charge in [-0.15, -0.1) is 0 Å². The second-order valence-electron chi connectivity index (χ2n) is 6.18. The Balaban J connectivity index is 1.73. The van der Waals surface area contributed by atoms with Crippen LogP contribution < -0.4 is 15.4 Å². The van der Waals surface area contributed by atoms with Crippen LogP contribution in [0.15, 0.2) is 48.5 Å². The smallest absolute Gasteiger partial charge is 0.319 e. The van der Waals surface area contributed by atoms with Gasteiger partial charge in [0.05, 0.1) is 7.11 Å². The zero-order chi connectivity index (χ0) is 18.7. The Labute approximate surface area is 157 Å². The predicted octanol–water partition coefficient (Wildman–Crippen LogP) is 3.09. The molecule has 2 unspecified atom stereocenters. The fraction of sp³-hybridized carbons (Fsp3) is 0.263. The maximum absolute atomic E-state index is 12.5. The van der Waals surface area contributed by atoms with Gasteiger partial charge in [0, 0.05) is 30.2 Å². The molecule has 2 atom stereocenters. The lowest BCUT2D eigenvalue weighted by atomic mass is 9.94. The zero-order valence-electron chi connectivity index (χ0n) is 14.5. The van der Waals surface area contributed by atoms with Gasteiger partial charge in [-0.2, -0.15) is 0 Å². The standard InChI is InChI=1S/C19H20ClN3O3/c1-23-11-16(12-3-9-15(26-2)10-4-12)17(18(23)24)22-19(25)21-14-7-5-13(20)6-8-14/h3-10,16-17H,11H2,1-2H3,(H2,21,22,25). The minimum absolute atomic E-state index is 0.114. The van der Waals surface area contributed by atoms with E-state index in [-0.39, 0.29) is 11.8 Å². The van der Waals surface area contributed by atoms with Gasteiger partial charge in [-0.3, -0.25) is 4.79 Å². The summed E-state index contributed by atoms with van der Waals surface area (Å²) < 4.78 is 5.17. The highest BCUT2D eigenvalue weighted by molar-refractivity contribution is 6.30. The summed E-state index contributed by atoms with van der Waals surface area (Å²) in [5.41, 5.74) is 1.58. The number of ether oxygens (including phenoxy) is 1. The van der Waals surface area contributed by atoms with Crippen molar-refractivity contribution in [1.82, 2.24) is 10.2 Å². The fourth-order valence-electron chi connectivity index (χ4n) is 3.05. The lowest BCUT2D eigenvalue weighted by Crippen LogP contribution is -2.44. The first-order valence-corrected chi connectivity index (χ1v) is 8.57. The number of carbonyl (C=O) groups is 2. The van der Waals surface area contributed by atoms with E-state index in [4.69, 9.17) is 16.3 Å². The molecule has 0 aliphatic carbocycles. The average Bonchev–Trinajstić information content (AvgIpc) is 2.92. The van der Waals surface area contributed by atoms with Crippen molar-refractivity contribution in [2.45, 2.75) is 12.0 Å². The number of benzene rings is 2. The summed E-state index contributed by atoms with van der Waals surface area (Å²) in [6.07, 6.45) is 0. The SMILES string of the molecule is COc1ccc(C2CN(C)C(=O)C2NC(=O)Nc2ccc(Cl)cc2)cc1. The minimum Gasteiger partial charge on any atom is -0.497 e. The molecule has 0 aromatic heterocycles. The van der Waals surface area contributed by atoms with E-state index in [1.807, 2.05) is 24.3 Å². The Morgan fingerprint density at radius 3 is 2.42 bits per heavy atom. The van der Waals surface area contributed by atoms with E-state index in [1.165, 1.54) is 0 Å². The number of halogens is 1. The topological polar surface area (TPSA) is 70.7 Å². The third-order valence-electron chi connectivity index (χ3n) is 4.45. The molecule has 3 rings (SSSR count). The maximum Gasteiger partial charge on any atom is 0.319 e. The lowest BCUT2D eigenvalue weighted by Gasteiger charge is -2.19. The van der Waals surface area contributed by atoms with E-state index >= 15 is 0 Å². The molecule has 26 heavy (non-hydrogen) atoms. The molecule has 6 nitrogen and oxygen atoms in total. The highest BCUT2D eigenvalue weighted by atomic mass is 35.5. The van der Waals surface area contributed by atoms with Crippen molar-refractivity contribution in [3.05, 3.63) is 59.1 Å². The molecule has 7 heteroatoms. The summed E-state index contributed by atoms with van der Waals surface area (Å²) in [6.45, 7) is 0.539. The van der Waals surface area contributed by atoms with Gasteiger partial charge >= 0.3 is 6.03 Å². The average molecular weight is 374 g/mol. The Morgan fingerprint density at radius 2 is 1.81 bits per heavy atom. The first-order valence-electron chi connectivity index (χ1n) is 8.20. The van der Waals surface area contributed by atoms with Crippen LogP contribution in [0.3, 0.4) is 0 Å². The third-order valence-corrected chi connectivity index (χ3v) is 4.70. The molecule has 1 saturated heterocycles. The van der Waals surface area contributed by atoms with Gasteiger partial charge in [-0.05, 0) is 42.0 Å². The summed E-state index contributed by atoms with van der Waals surface area (Å²) in [4.78, 5) is 26.5. The number of nitrogens with zero attached hydrogens (tertiary/aromatic N) is 1. The molecular formula is C19H20ClN3O3. The van der Waals surface area contributed by atoms with Crippen LogP contribution in [0, 0.1) is 0 Å². The van der Waals surface area contributed by atoms with Gasteiger partial charge in [-0.1, -0.05) is 23.7 Å². The summed E-state index contributed by atoms with van der Waals surface area (Å²) in [7, 11) is 3.34. The number of rotatable bonds is 4. The second-order valence-corrected chi connectivity index (χ2v) is 6.62. The number of methoxy groups -OCH3 is 1. The Bertz CT molecular complexity index is 793. The Hall–Kier alpha value is -2.73. The van der Waals surface area contributed by atoms with Crippen LogP contribution >= 0.6 is 11.6 Å². The number of likely N-dealkylation sites (tertiary alicyclic amines) is 1. The highest BCUT2D eigenvalue weighted by Gasteiger charge is 2.40. The number of carbonyl (C=O) groups excluding carboxylic acids is 2. The van der Waals surface area contributed by atoms with E-state index in [0.717, 1.165) is 11.3 Å². The minimum atomic E-state index is -0.624. The number of hydrogen-bond acceptors (Lipinski definition) is 3. The van der Waals surface area contributed by atoms with Gasteiger partial charge in [0.2, 0.25) is 5.91 Å². The summed E-state index contributed by atoms with van der Waals surface area (Å²) in [6, 6.07) is 13.3. The van der Waals surface area contributed by atoms with E-state index in [1.54, 1.807) is 43.3 Å². The molecule has 0 radical (unpaired) electrons. The molecule has 1 heterocycles. The Morgan fingerprint density at radius 1 is 1.15 bits per heavy atom. The fourth-order valence-corrected chi connectivity index (χ4v) is 3.18. The first-order chi connectivity index (χ1) is 12.5. The van der Waals surface area contributed by atoms with E-state index in [9.17, 15) is 9.59 Å². The first kappa shape index (κ1) is 18.1. The zero-order valence-corrected chi connectivity index (χ0v) is 15.3. The quantitative estimate of drug-likeness (QED) is 0.865. The summed E-state index contributed by atoms with van der Waals surface area (Å²) in [5.74, 6) is 0.503. The van der Waals surface area contributed by atoms with Gasteiger partial charge in [0.1, 0.15) is 11.8 Å². The van der Waals surface area contributed by atoms with E-state index in [2.05, 4.69) is 10.6 Å².